The van der Waals surface area contributed by atoms with E-state index in [0.29, 0.717) is 13.0 Å². The van der Waals surface area contributed by atoms with E-state index in [1.807, 2.05) is 27.7 Å². The minimum absolute atomic E-state index is 0.00122. The molecule has 2 amide bonds. The average molecular weight is 305 g/mol. The van der Waals surface area contributed by atoms with Crippen molar-refractivity contribution < 1.29 is 9.59 Å². The number of hydrogen-bond acceptors (Lipinski definition) is 2. The summed E-state index contributed by atoms with van der Waals surface area (Å²) in [7, 11) is 0. The van der Waals surface area contributed by atoms with Gasteiger partial charge in [-0.05, 0) is 32.1 Å². The highest BCUT2D eigenvalue weighted by atomic mass is 35.5. The van der Waals surface area contributed by atoms with Crippen LogP contribution in [-0.2, 0) is 9.59 Å². The number of alkyl halides is 1. The first-order valence-electron chi connectivity index (χ1n) is 7.72. The molecule has 0 spiro atoms. The van der Waals surface area contributed by atoms with Gasteiger partial charge >= 0.3 is 0 Å². The molecule has 0 heterocycles. The maximum absolute atomic E-state index is 11.8. The number of carbonyl (C=O) groups is 2. The molecule has 4 nitrogen and oxygen atoms in total. The van der Waals surface area contributed by atoms with Crippen LogP contribution in [0.3, 0.4) is 0 Å². The molecule has 0 saturated carbocycles. The first-order chi connectivity index (χ1) is 9.49. The summed E-state index contributed by atoms with van der Waals surface area (Å²) in [4.78, 5) is 23.6. The Kier molecular flexibility index (Phi) is 10.5. The predicted molar refractivity (Wildman–Crippen MR) is 83.6 cm³/mol. The number of nitrogens with one attached hydrogen (secondary N) is 2. The van der Waals surface area contributed by atoms with Crippen LogP contribution in [0.2, 0.25) is 0 Å². The summed E-state index contributed by atoms with van der Waals surface area (Å²) in [6.07, 6.45) is 3.87. The van der Waals surface area contributed by atoms with Gasteiger partial charge in [-0.3, -0.25) is 9.59 Å². The van der Waals surface area contributed by atoms with Crippen molar-refractivity contribution in [3.8, 4) is 0 Å². The zero-order valence-corrected chi connectivity index (χ0v) is 13.9. The Morgan fingerprint density at radius 2 is 1.35 bits per heavy atom. The smallest absolute Gasteiger partial charge is 0.224 e. The Bertz CT molecular complexity index is 290. The molecule has 0 aromatic rings. The summed E-state index contributed by atoms with van der Waals surface area (Å²) in [6.45, 7) is 8.49. The van der Waals surface area contributed by atoms with E-state index in [0.717, 1.165) is 25.7 Å². The van der Waals surface area contributed by atoms with Crippen LogP contribution >= 0.6 is 11.6 Å². The third kappa shape index (κ3) is 7.13. The standard InChI is InChI=1S/C15H29ClN2O2/c1-5-11(6-2)14(19)17-10-9-13(16)18-15(20)12(7-3)8-4/h11-13H,5-10H2,1-4H3,(H,17,19)(H,18,20). The van der Waals surface area contributed by atoms with E-state index in [1.54, 1.807) is 0 Å². The predicted octanol–water partition coefficient (Wildman–Crippen LogP) is 3.05. The molecule has 0 rings (SSSR count). The SMILES string of the molecule is CCC(CC)C(=O)NCCC(Cl)NC(=O)C(CC)CC. The molecule has 20 heavy (non-hydrogen) atoms. The van der Waals surface area contributed by atoms with Crippen molar-refractivity contribution in [2.75, 3.05) is 6.54 Å². The third-order valence-electron chi connectivity index (χ3n) is 3.71. The van der Waals surface area contributed by atoms with Gasteiger partial charge in [-0.25, -0.2) is 0 Å². The lowest BCUT2D eigenvalue weighted by Gasteiger charge is -2.18. The molecule has 0 aliphatic carbocycles. The second kappa shape index (κ2) is 11.0. The first-order valence-corrected chi connectivity index (χ1v) is 8.15. The molecule has 0 saturated heterocycles. The van der Waals surface area contributed by atoms with E-state index in [9.17, 15) is 9.59 Å². The highest BCUT2D eigenvalue weighted by molar-refractivity contribution is 6.21. The molecule has 0 aromatic heterocycles. The molecule has 5 heteroatoms. The average Bonchev–Trinajstić information content (AvgIpc) is 2.41. The second-order valence-corrected chi connectivity index (χ2v) is 5.61. The Hall–Kier alpha value is -0.770. The number of hydrogen-bond donors (Lipinski definition) is 2. The maximum atomic E-state index is 11.8. The number of amides is 2. The van der Waals surface area contributed by atoms with Crippen LogP contribution in [0.5, 0.6) is 0 Å². The van der Waals surface area contributed by atoms with Crippen molar-refractivity contribution in [3.63, 3.8) is 0 Å². The van der Waals surface area contributed by atoms with E-state index in [-0.39, 0.29) is 23.7 Å². The van der Waals surface area contributed by atoms with E-state index in [2.05, 4.69) is 10.6 Å². The minimum Gasteiger partial charge on any atom is -0.356 e. The van der Waals surface area contributed by atoms with Crippen LogP contribution in [0.25, 0.3) is 0 Å². The van der Waals surface area contributed by atoms with Crippen molar-refractivity contribution in [1.29, 1.82) is 0 Å². The van der Waals surface area contributed by atoms with E-state index in [4.69, 9.17) is 11.6 Å². The monoisotopic (exact) mass is 304 g/mol. The fraction of sp³-hybridized carbons (Fsp3) is 0.867. The van der Waals surface area contributed by atoms with Crippen molar-refractivity contribution >= 4 is 23.4 Å². The normalized spacial score (nSPS) is 12.6. The fourth-order valence-electron chi connectivity index (χ4n) is 2.13. The molecule has 0 aliphatic heterocycles. The van der Waals surface area contributed by atoms with Gasteiger partial charge in [0.1, 0.15) is 5.50 Å². The lowest BCUT2D eigenvalue weighted by Crippen LogP contribution is -2.38. The van der Waals surface area contributed by atoms with E-state index < -0.39 is 5.50 Å². The number of halogens is 1. The van der Waals surface area contributed by atoms with Crippen LogP contribution in [-0.4, -0.2) is 23.9 Å². The lowest BCUT2D eigenvalue weighted by molar-refractivity contribution is -0.125. The molecule has 2 N–H and O–H groups in total. The number of carbonyl (C=O) groups excluding carboxylic acids is 2. The molecule has 0 aromatic carbocycles. The topological polar surface area (TPSA) is 58.2 Å². The van der Waals surface area contributed by atoms with E-state index >= 15 is 0 Å². The van der Waals surface area contributed by atoms with Crippen LogP contribution in [0.15, 0.2) is 0 Å². The highest BCUT2D eigenvalue weighted by Gasteiger charge is 2.18. The highest BCUT2D eigenvalue weighted by Crippen LogP contribution is 2.10. The van der Waals surface area contributed by atoms with E-state index in [1.165, 1.54) is 0 Å². The Balaban J connectivity index is 3.97. The molecule has 0 bridgehead atoms. The molecule has 1 unspecified atom stereocenters. The largest absolute Gasteiger partial charge is 0.356 e. The summed E-state index contributed by atoms with van der Waals surface area (Å²) < 4.78 is 0. The van der Waals surface area contributed by atoms with Gasteiger partial charge in [-0.15, -0.1) is 0 Å². The molecule has 118 valence electrons. The summed E-state index contributed by atoms with van der Waals surface area (Å²) in [6, 6.07) is 0. The first kappa shape index (κ1) is 19.2. The molecule has 0 aliphatic rings. The Labute approximate surface area is 128 Å². The van der Waals surface area contributed by atoms with Crippen LogP contribution in [0, 0.1) is 11.8 Å². The van der Waals surface area contributed by atoms with Gasteiger partial charge in [-0.1, -0.05) is 39.3 Å². The Morgan fingerprint density at radius 3 is 1.80 bits per heavy atom. The van der Waals surface area contributed by atoms with Gasteiger partial charge in [0.2, 0.25) is 11.8 Å². The molecular weight excluding hydrogens is 276 g/mol. The van der Waals surface area contributed by atoms with Crippen molar-refractivity contribution in [1.82, 2.24) is 10.6 Å². The minimum atomic E-state index is -0.426. The summed E-state index contributed by atoms with van der Waals surface area (Å²) in [5.41, 5.74) is -0.426. The summed E-state index contributed by atoms with van der Waals surface area (Å²) in [5.74, 6) is 0.171. The summed E-state index contributed by atoms with van der Waals surface area (Å²) >= 11 is 6.08. The van der Waals surface area contributed by atoms with Gasteiger partial charge in [0.25, 0.3) is 0 Å². The zero-order valence-electron chi connectivity index (χ0n) is 13.2. The van der Waals surface area contributed by atoms with Crippen molar-refractivity contribution in [2.45, 2.75) is 65.3 Å². The molecular formula is C15H29ClN2O2. The van der Waals surface area contributed by atoms with Gasteiger partial charge in [0.15, 0.2) is 0 Å². The van der Waals surface area contributed by atoms with Crippen LogP contribution < -0.4 is 10.6 Å². The van der Waals surface area contributed by atoms with Crippen LogP contribution in [0.4, 0.5) is 0 Å². The third-order valence-corrected chi connectivity index (χ3v) is 4.04. The lowest BCUT2D eigenvalue weighted by atomic mass is 10.0. The van der Waals surface area contributed by atoms with Crippen molar-refractivity contribution in [3.05, 3.63) is 0 Å². The fourth-order valence-corrected chi connectivity index (χ4v) is 2.35. The second-order valence-electron chi connectivity index (χ2n) is 5.08. The zero-order chi connectivity index (χ0) is 15.5. The quantitative estimate of drug-likeness (QED) is 0.481. The van der Waals surface area contributed by atoms with Crippen molar-refractivity contribution in [2.24, 2.45) is 11.8 Å². The summed E-state index contributed by atoms with van der Waals surface area (Å²) in [5, 5.41) is 5.66. The number of rotatable bonds is 10. The van der Waals surface area contributed by atoms with Gasteiger partial charge < -0.3 is 10.6 Å². The molecule has 1 atom stereocenters. The van der Waals surface area contributed by atoms with Crippen LogP contribution in [0.1, 0.15) is 59.8 Å². The van der Waals surface area contributed by atoms with Gasteiger partial charge in [0, 0.05) is 18.4 Å². The van der Waals surface area contributed by atoms with Gasteiger partial charge in [-0.2, -0.15) is 0 Å². The van der Waals surface area contributed by atoms with Gasteiger partial charge in [0.05, 0.1) is 0 Å². The maximum Gasteiger partial charge on any atom is 0.224 e. The molecule has 0 radical (unpaired) electrons. The Morgan fingerprint density at radius 1 is 0.900 bits per heavy atom. The molecule has 0 fully saturated rings.